The van der Waals surface area contributed by atoms with Crippen LogP contribution in [0.15, 0.2) is 22.7 Å². The Labute approximate surface area is 118 Å². The molecule has 0 radical (unpaired) electrons. The maximum Gasteiger partial charge on any atom is 0.248 e. The molecule has 0 unspecified atom stereocenters. The molecule has 5 heteroatoms. The van der Waals surface area contributed by atoms with Crippen molar-refractivity contribution in [2.45, 2.75) is 38.0 Å². The third-order valence-corrected chi connectivity index (χ3v) is 4.14. The number of halogens is 4. The Morgan fingerprint density at radius 3 is 2.53 bits per heavy atom. The summed E-state index contributed by atoms with van der Waals surface area (Å²) in [6.45, 7) is 0. The van der Waals surface area contributed by atoms with Crippen molar-refractivity contribution in [2.75, 3.05) is 0 Å². The van der Waals surface area contributed by atoms with E-state index in [0.29, 0.717) is 10.0 Å². The number of carbonyl (C=O) groups is 1. The first-order valence-corrected chi connectivity index (χ1v) is 7.01. The lowest BCUT2D eigenvalue weighted by Crippen LogP contribution is -2.29. The van der Waals surface area contributed by atoms with Gasteiger partial charge < -0.3 is 0 Å². The molecule has 0 heterocycles. The molecule has 1 aromatic rings. The van der Waals surface area contributed by atoms with Gasteiger partial charge in [0.1, 0.15) is 11.6 Å². The quantitative estimate of drug-likeness (QED) is 0.793. The highest BCUT2D eigenvalue weighted by molar-refractivity contribution is 9.10. The van der Waals surface area contributed by atoms with Gasteiger partial charge in [-0.25, -0.2) is 13.2 Å². The van der Waals surface area contributed by atoms with Gasteiger partial charge in [0.15, 0.2) is 0 Å². The van der Waals surface area contributed by atoms with Crippen molar-refractivity contribution in [1.82, 2.24) is 0 Å². The second-order valence-corrected chi connectivity index (χ2v) is 5.88. The predicted octanol–water partition coefficient (Wildman–Crippen LogP) is 4.53. The van der Waals surface area contributed by atoms with E-state index in [1.807, 2.05) is 0 Å². The third-order valence-electron chi connectivity index (χ3n) is 3.53. The molecule has 1 aliphatic rings. The molecule has 0 aliphatic heterocycles. The summed E-state index contributed by atoms with van der Waals surface area (Å²) in [6.07, 6.45) is 0.241. The molecule has 0 bridgehead atoms. The summed E-state index contributed by atoms with van der Waals surface area (Å²) < 4.78 is 39.4. The zero-order valence-corrected chi connectivity index (χ0v) is 11.9. The zero-order valence-electron chi connectivity index (χ0n) is 10.3. The van der Waals surface area contributed by atoms with Crippen molar-refractivity contribution in [3.8, 4) is 0 Å². The molecule has 0 amide bonds. The number of hydrogen-bond donors (Lipinski definition) is 0. The minimum absolute atomic E-state index is 0.0333. The lowest BCUT2D eigenvalue weighted by atomic mass is 9.82. The van der Waals surface area contributed by atoms with Crippen molar-refractivity contribution < 1.29 is 18.0 Å². The van der Waals surface area contributed by atoms with Crippen molar-refractivity contribution in [3.05, 3.63) is 34.1 Å². The molecule has 1 saturated carbocycles. The van der Waals surface area contributed by atoms with Gasteiger partial charge in [-0.05, 0) is 46.5 Å². The second kappa shape index (κ2) is 5.65. The summed E-state index contributed by atoms with van der Waals surface area (Å²) in [4.78, 5) is 12.0. The Balaban J connectivity index is 1.96. The van der Waals surface area contributed by atoms with Gasteiger partial charge in [0.05, 0.1) is 4.47 Å². The average Bonchev–Trinajstić information content (AvgIpc) is 2.33. The molecular formula is C14H14BrF3O. The summed E-state index contributed by atoms with van der Waals surface area (Å²) in [6, 6.07) is 4.40. The summed E-state index contributed by atoms with van der Waals surface area (Å²) in [5, 5.41) is 0. The van der Waals surface area contributed by atoms with Crippen LogP contribution < -0.4 is 0 Å². The first kappa shape index (κ1) is 14.6. The molecule has 0 aromatic heterocycles. The second-order valence-electron chi connectivity index (χ2n) is 5.02. The lowest BCUT2D eigenvalue weighted by Gasteiger charge is -2.27. The molecule has 0 N–H and O–H groups in total. The molecule has 1 fully saturated rings. The first-order valence-electron chi connectivity index (χ1n) is 6.22. The number of ketones is 1. The van der Waals surface area contributed by atoms with Crippen LogP contribution in [-0.2, 0) is 11.2 Å². The van der Waals surface area contributed by atoms with E-state index in [-0.39, 0.29) is 49.6 Å². The van der Waals surface area contributed by atoms with Gasteiger partial charge in [-0.2, -0.15) is 0 Å². The number of alkyl halides is 2. The molecular weight excluding hydrogens is 321 g/mol. The summed E-state index contributed by atoms with van der Waals surface area (Å²) in [7, 11) is 0. The number of Topliss-reactive ketones (excluding diaryl/α,β-unsaturated/α-hetero) is 1. The monoisotopic (exact) mass is 334 g/mol. The van der Waals surface area contributed by atoms with E-state index >= 15 is 0 Å². The molecule has 1 aliphatic carbocycles. The predicted molar refractivity (Wildman–Crippen MR) is 69.7 cm³/mol. The van der Waals surface area contributed by atoms with Gasteiger partial charge in [0, 0.05) is 25.2 Å². The van der Waals surface area contributed by atoms with Crippen LogP contribution >= 0.6 is 15.9 Å². The van der Waals surface area contributed by atoms with Crippen molar-refractivity contribution in [3.63, 3.8) is 0 Å². The fourth-order valence-electron chi connectivity index (χ4n) is 2.36. The van der Waals surface area contributed by atoms with Crippen LogP contribution in [0.25, 0.3) is 0 Å². The average molecular weight is 335 g/mol. The van der Waals surface area contributed by atoms with Gasteiger partial charge in [0.25, 0.3) is 0 Å². The van der Waals surface area contributed by atoms with E-state index in [1.54, 1.807) is 12.1 Å². The van der Waals surface area contributed by atoms with E-state index < -0.39 is 5.92 Å². The minimum atomic E-state index is -2.62. The zero-order chi connectivity index (χ0) is 14.0. The minimum Gasteiger partial charge on any atom is -0.299 e. The highest BCUT2D eigenvalue weighted by Crippen LogP contribution is 2.36. The van der Waals surface area contributed by atoms with Crippen LogP contribution in [0.4, 0.5) is 13.2 Å². The fourth-order valence-corrected chi connectivity index (χ4v) is 2.78. The molecule has 0 spiro atoms. The lowest BCUT2D eigenvalue weighted by molar-refractivity contribution is -0.126. The largest absolute Gasteiger partial charge is 0.299 e. The highest BCUT2D eigenvalue weighted by atomic mass is 79.9. The van der Waals surface area contributed by atoms with E-state index in [2.05, 4.69) is 15.9 Å². The Morgan fingerprint density at radius 1 is 1.32 bits per heavy atom. The summed E-state index contributed by atoms with van der Waals surface area (Å²) >= 11 is 3.06. The van der Waals surface area contributed by atoms with Crippen LogP contribution in [0, 0.1) is 11.7 Å². The standard InChI is InChI=1S/C14H14BrF3O/c15-11-7-9(1-2-12(11)16)8-13(19)10-3-5-14(17,18)6-4-10/h1-2,7,10H,3-6,8H2. The van der Waals surface area contributed by atoms with Gasteiger partial charge in [-0.3, -0.25) is 4.79 Å². The van der Waals surface area contributed by atoms with Crippen LogP contribution in [0.2, 0.25) is 0 Å². The fraction of sp³-hybridized carbons (Fsp3) is 0.500. The Morgan fingerprint density at radius 2 is 1.95 bits per heavy atom. The van der Waals surface area contributed by atoms with Crippen LogP contribution in [0.1, 0.15) is 31.2 Å². The van der Waals surface area contributed by atoms with E-state index in [0.717, 1.165) is 0 Å². The topological polar surface area (TPSA) is 17.1 Å². The van der Waals surface area contributed by atoms with Crippen LogP contribution in [0.5, 0.6) is 0 Å². The maximum absolute atomic E-state index is 13.1. The van der Waals surface area contributed by atoms with Crippen LogP contribution in [0.3, 0.4) is 0 Å². The third kappa shape index (κ3) is 3.81. The smallest absolute Gasteiger partial charge is 0.248 e. The first-order chi connectivity index (χ1) is 8.87. The molecule has 2 rings (SSSR count). The summed E-state index contributed by atoms with van der Waals surface area (Å²) in [5.41, 5.74) is 0.704. The maximum atomic E-state index is 13.1. The molecule has 1 nitrogen and oxygen atoms in total. The molecule has 0 saturated heterocycles. The molecule has 1 aromatic carbocycles. The number of rotatable bonds is 3. The van der Waals surface area contributed by atoms with Crippen molar-refractivity contribution in [1.29, 1.82) is 0 Å². The molecule has 19 heavy (non-hydrogen) atoms. The van der Waals surface area contributed by atoms with Gasteiger partial charge >= 0.3 is 0 Å². The number of carbonyl (C=O) groups excluding carboxylic acids is 1. The Hall–Kier alpha value is -0.840. The number of hydrogen-bond acceptors (Lipinski definition) is 1. The van der Waals surface area contributed by atoms with E-state index in [9.17, 15) is 18.0 Å². The van der Waals surface area contributed by atoms with E-state index in [1.165, 1.54) is 6.07 Å². The molecule has 104 valence electrons. The van der Waals surface area contributed by atoms with Crippen LogP contribution in [-0.4, -0.2) is 11.7 Å². The van der Waals surface area contributed by atoms with E-state index in [4.69, 9.17) is 0 Å². The normalized spacial score (nSPS) is 19.4. The molecule has 0 atom stereocenters. The van der Waals surface area contributed by atoms with Gasteiger partial charge in [0.2, 0.25) is 5.92 Å². The summed E-state index contributed by atoms with van der Waals surface area (Å²) in [5.74, 6) is -3.32. The Bertz CT molecular complexity index is 478. The van der Waals surface area contributed by atoms with Gasteiger partial charge in [-0.1, -0.05) is 6.07 Å². The highest BCUT2D eigenvalue weighted by Gasteiger charge is 2.37. The Kier molecular flexibility index (Phi) is 4.33. The van der Waals surface area contributed by atoms with Crippen molar-refractivity contribution >= 4 is 21.7 Å². The number of benzene rings is 1. The van der Waals surface area contributed by atoms with Gasteiger partial charge in [-0.15, -0.1) is 0 Å². The van der Waals surface area contributed by atoms with Crippen molar-refractivity contribution in [2.24, 2.45) is 5.92 Å². The SMILES string of the molecule is O=C(Cc1ccc(F)c(Br)c1)C1CCC(F)(F)CC1.